The molecule has 6 heteroatoms. The molecule has 0 radical (unpaired) electrons. The van der Waals surface area contributed by atoms with Gasteiger partial charge in [0.2, 0.25) is 0 Å². The molecule has 0 atom stereocenters. The van der Waals surface area contributed by atoms with Crippen LogP contribution in [0.2, 0.25) is 5.02 Å². The lowest BCUT2D eigenvalue weighted by Gasteiger charge is -2.05. The largest absolute Gasteiger partial charge is 0.316 e. The molecule has 0 amide bonds. The molecule has 16 heavy (non-hydrogen) atoms. The van der Waals surface area contributed by atoms with Crippen LogP contribution in [-0.2, 0) is 6.54 Å². The summed E-state index contributed by atoms with van der Waals surface area (Å²) in [5.74, 6) is 0.657. The summed E-state index contributed by atoms with van der Waals surface area (Å²) in [6.45, 7) is 0.754. The van der Waals surface area contributed by atoms with Crippen LogP contribution in [0, 0.1) is 3.57 Å². The quantitative estimate of drug-likeness (QED) is 0.865. The fraction of sp³-hybridized carbons (Fsp3) is 0.200. The van der Waals surface area contributed by atoms with Crippen LogP contribution in [0.5, 0.6) is 0 Å². The van der Waals surface area contributed by atoms with Gasteiger partial charge in [0.25, 0.3) is 0 Å². The Kier molecular flexibility index (Phi) is 3.78. The monoisotopic (exact) mass is 348 g/mol. The molecule has 4 nitrogen and oxygen atoms in total. The summed E-state index contributed by atoms with van der Waals surface area (Å²) in [7, 11) is 1.89. The maximum absolute atomic E-state index is 6.16. The molecule has 0 aliphatic heterocycles. The smallest absolute Gasteiger partial charge is 0.172 e. The second kappa shape index (κ2) is 5.11. The number of rotatable bonds is 3. The van der Waals surface area contributed by atoms with E-state index in [2.05, 4.69) is 38.0 Å². The van der Waals surface area contributed by atoms with Gasteiger partial charge in [-0.25, -0.2) is 9.67 Å². The molecular weight excluding hydrogens is 338 g/mol. The molecular formula is C10H10ClIN4. The van der Waals surface area contributed by atoms with E-state index in [1.54, 1.807) is 17.1 Å². The number of pyridine rings is 1. The normalized spacial score (nSPS) is 10.7. The Bertz CT molecular complexity index is 497. The molecule has 0 aliphatic carbocycles. The maximum Gasteiger partial charge on any atom is 0.172 e. The number of nitrogens with one attached hydrogen (secondary N) is 1. The third kappa shape index (κ3) is 2.53. The number of aromatic nitrogens is 3. The molecule has 0 saturated heterocycles. The van der Waals surface area contributed by atoms with Gasteiger partial charge in [-0.1, -0.05) is 11.6 Å². The van der Waals surface area contributed by atoms with Crippen molar-refractivity contribution < 1.29 is 0 Å². The van der Waals surface area contributed by atoms with E-state index in [-0.39, 0.29) is 0 Å². The van der Waals surface area contributed by atoms with E-state index in [1.807, 2.05) is 19.3 Å². The van der Waals surface area contributed by atoms with Gasteiger partial charge in [0.05, 0.1) is 14.8 Å². The van der Waals surface area contributed by atoms with Crippen molar-refractivity contribution in [1.29, 1.82) is 0 Å². The first-order valence-corrected chi connectivity index (χ1v) is 6.16. The van der Waals surface area contributed by atoms with E-state index in [9.17, 15) is 0 Å². The molecule has 0 fully saturated rings. The van der Waals surface area contributed by atoms with Gasteiger partial charge in [0.15, 0.2) is 5.82 Å². The summed E-state index contributed by atoms with van der Waals surface area (Å²) >= 11 is 8.35. The minimum absolute atomic E-state index is 0.604. The summed E-state index contributed by atoms with van der Waals surface area (Å²) in [5.41, 5.74) is 1.05. The molecule has 0 spiro atoms. The van der Waals surface area contributed by atoms with Gasteiger partial charge < -0.3 is 5.32 Å². The van der Waals surface area contributed by atoms with Crippen LogP contribution in [0.25, 0.3) is 5.82 Å². The first kappa shape index (κ1) is 11.8. The van der Waals surface area contributed by atoms with Gasteiger partial charge in [0, 0.05) is 18.9 Å². The van der Waals surface area contributed by atoms with Crippen LogP contribution in [-0.4, -0.2) is 21.8 Å². The van der Waals surface area contributed by atoms with Gasteiger partial charge in [-0.05, 0) is 41.3 Å². The highest BCUT2D eigenvalue weighted by atomic mass is 127. The van der Waals surface area contributed by atoms with Crippen LogP contribution >= 0.6 is 34.2 Å². The Hall–Kier alpha value is -0.660. The average molecular weight is 349 g/mol. The van der Waals surface area contributed by atoms with E-state index >= 15 is 0 Å². The minimum Gasteiger partial charge on any atom is -0.316 e. The highest BCUT2D eigenvalue weighted by Crippen LogP contribution is 2.19. The Morgan fingerprint density at radius 2 is 2.31 bits per heavy atom. The van der Waals surface area contributed by atoms with Crippen molar-refractivity contribution >= 4 is 34.2 Å². The third-order valence-corrected chi connectivity index (χ3v) is 2.86. The number of hydrogen-bond donors (Lipinski definition) is 1. The fourth-order valence-electron chi connectivity index (χ4n) is 1.36. The summed E-state index contributed by atoms with van der Waals surface area (Å²) in [5, 5.41) is 7.83. The topological polar surface area (TPSA) is 42.7 Å². The lowest BCUT2D eigenvalue weighted by molar-refractivity contribution is 0.802. The molecule has 0 aliphatic rings. The van der Waals surface area contributed by atoms with Crippen molar-refractivity contribution in [2.24, 2.45) is 0 Å². The summed E-state index contributed by atoms with van der Waals surface area (Å²) in [6.07, 6.45) is 5.44. The van der Waals surface area contributed by atoms with Crippen molar-refractivity contribution in [2.45, 2.75) is 6.54 Å². The van der Waals surface area contributed by atoms with Crippen molar-refractivity contribution in [2.75, 3.05) is 7.05 Å². The zero-order valence-electron chi connectivity index (χ0n) is 8.61. The summed E-state index contributed by atoms with van der Waals surface area (Å²) in [4.78, 5) is 4.31. The van der Waals surface area contributed by atoms with Crippen molar-refractivity contribution in [1.82, 2.24) is 20.1 Å². The lowest BCUT2D eigenvalue weighted by Crippen LogP contribution is -2.07. The van der Waals surface area contributed by atoms with Crippen LogP contribution < -0.4 is 5.32 Å². The first-order valence-electron chi connectivity index (χ1n) is 4.70. The SMILES string of the molecule is CNCc1cnc(-n2cc(I)cn2)c(Cl)c1. The lowest BCUT2D eigenvalue weighted by atomic mass is 10.3. The average Bonchev–Trinajstić information content (AvgIpc) is 2.65. The van der Waals surface area contributed by atoms with Crippen molar-refractivity contribution in [3.8, 4) is 5.82 Å². The predicted molar refractivity (Wildman–Crippen MR) is 71.8 cm³/mol. The Morgan fingerprint density at radius 3 is 2.88 bits per heavy atom. The third-order valence-electron chi connectivity index (χ3n) is 2.03. The highest BCUT2D eigenvalue weighted by Gasteiger charge is 2.06. The molecule has 0 unspecified atom stereocenters. The second-order valence-corrected chi connectivity index (χ2v) is 4.94. The van der Waals surface area contributed by atoms with Crippen LogP contribution in [0.1, 0.15) is 5.56 Å². The second-order valence-electron chi connectivity index (χ2n) is 3.28. The Morgan fingerprint density at radius 1 is 1.50 bits per heavy atom. The van der Waals surface area contributed by atoms with Crippen LogP contribution in [0.3, 0.4) is 0 Å². The highest BCUT2D eigenvalue weighted by molar-refractivity contribution is 14.1. The standard InChI is InChI=1S/C10H10ClIN4/c1-13-3-7-2-9(11)10(14-4-7)16-6-8(12)5-15-16/h2,4-6,13H,3H2,1H3. The molecule has 2 rings (SSSR count). The van der Waals surface area contributed by atoms with E-state index in [4.69, 9.17) is 11.6 Å². The van der Waals surface area contributed by atoms with Crippen LogP contribution in [0.15, 0.2) is 24.7 Å². The molecule has 2 aromatic rings. The molecule has 1 N–H and O–H groups in total. The Balaban J connectivity index is 2.36. The van der Waals surface area contributed by atoms with Gasteiger partial charge in [-0.3, -0.25) is 0 Å². The molecule has 0 aromatic carbocycles. The van der Waals surface area contributed by atoms with Gasteiger partial charge in [0.1, 0.15) is 0 Å². The van der Waals surface area contributed by atoms with E-state index < -0.39 is 0 Å². The van der Waals surface area contributed by atoms with Gasteiger partial charge in [-0.2, -0.15) is 5.10 Å². The molecule has 2 heterocycles. The zero-order valence-corrected chi connectivity index (χ0v) is 11.5. The number of nitrogens with zero attached hydrogens (tertiary/aromatic N) is 3. The number of halogens is 2. The van der Waals surface area contributed by atoms with Gasteiger partial charge >= 0.3 is 0 Å². The Labute approximate surface area is 112 Å². The van der Waals surface area contributed by atoms with Gasteiger partial charge in [-0.15, -0.1) is 0 Å². The number of hydrogen-bond acceptors (Lipinski definition) is 3. The molecule has 0 bridgehead atoms. The fourth-order valence-corrected chi connectivity index (χ4v) is 2.02. The zero-order chi connectivity index (χ0) is 11.5. The predicted octanol–water partition coefficient (Wildman–Crippen LogP) is 2.24. The first-order chi connectivity index (χ1) is 7.70. The molecule has 2 aromatic heterocycles. The van der Waals surface area contributed by atoms with Crippen molar-refractivity contribution in [3.63, 3.8) is 0 Å². The van der Waals surface area contributed by atoms with Crippen molar-refractivity contribution in [3.05, 3.63) is 38.8 Å². The van der Waals surface area contributed by atoms with Crippen LogP contribution in [0.4, 0.5) is 0 Å². The summed E-state index contributed by atoms with van der Waals surface area (Å²) in [6, 6.07) is 1.90. The molecule has 84 valence electrons. The van der Waals surface area contributed by atoms with E-state index in [1.165, 1.54) is 0 Å². The maximum atomic E-state index is 6.16. The van der Waals surface area contributed by atoms with E-state index in [0.29, 0.717) is 10.8 Å². The molecule has 0 saturated carbocycles. The summed E-state index contributed by atoms with van der Waals surface area (Å²) < 4.78 is 2.72. The minimum atomic E-state index is 0.604. The van der Waals surface area contributed by atoms with E-state index in [0.717, 1.165) is 15.7 Å².